The number of hydrogen-bond donors (Lipinski definition) is 1. The number of carbonyl (C=O) groups excluding carboxylic acids is 1. The molecule has 1 N–H and O–H groups in total. The first-order chi connectivity index (χ1) is 13.2. The fourth-order valence-corrected chi connectivity index (χ4v) is 3.25. The van der Waals surface area contributed by atoms with Gasteiger partial charge in [0.05, 0.1) is 6.61 Å². The number of para-hydroxylation sites is 1. The van der Waals surface area contributed by atoms with E-state index in [1.807, 2.05) is 64.1 Å². The fourth-order valence-electron chi connectivity index (χ4n) is 2.16. The number of nitrogens with one attached hydrogen (secondary N) is 1. The number of rotatable bonds is 8. The van der Waals surface area contributed by atoms with Crippen LogP contribution in [0.5, 0.6) is 5.75 Å². The summed E-state index contributed by atoms with van der Waals surface area (Å²) in [6, 6.07) is 7.85. The molecule has 0 fully saturated rings. The van der Waals surface area contributed by atoms with Crippen LogP contribution < -0.4 is 10.1 Å². The zero-order chi connectivity index (χ0) is 22.3. The van der Waals surface area contributed by atoms with E-state index in [0.29, 0.717) is 13.2 Å². The Kier molecular flexibility index (Phi) is 8.97. The first-order valence-electron chi connectivity index (χ1n) is 10.2. The van der Waals surface area contributed by atoms with Crippen molar-refractivity contribution in [1.82, 2.24) is 5.32 Å². The van der Waals surface area contributed by atoms with Gasteiger partial charge >= 0.3 is 6.09 Å². The van der Waals surface area contributed by atoms with E-state index >= 15 is 0 Å². The molecule has 1 aromatic carbocycles. The maximum atomic E-state index is 11.7. The van der Waals surface area contributed by atoms with Crippen molar-refractivity contribution in [3.8, 4) is 5.75 Å². The molecule has 6 heteroatoms. The SMILES string of the molecule is C[C@@H](CO[Si](C)(C)C(C)(C)C)Oc1ccccc1C=CCNC(=O)OC(C)(C)C. The van der Waals surface area contributed by atoms with Crippen LogP contribution in [0.4, 0.5) is 4.79 Å². The van der Waals surface area contributed by atoms with E-state index < -0.39 is 20.0 Å². The second-order valence-corrected chi connectivity index (χ2v) is 14.6. The summed E-state index contributed by atoms with van der Waals surface area (Å²) in [6.07, 6.45) is 3.33. The summed E-state index contributed by atoms with van der Waals surface area (Å²) in [4.78, 5) is 11.7. The highest BCUT2D eigenvalue weighted by molar-refractivity contribution is 6.74. The standard InChI is InChI=1S/C23H39NO4Si/c1-18(17-26-29(8,9)23(5,6)7)27-20-15-11-10-13-19(20)14-12-16-24-21(25)28-22(2,3)4/h10-15,18H,16-17H2,1-9H3,(H,24,25)/t18-/m0/s1. The summed E-state index contributed by atoms with van der Waals surface area (Å²) >= 11 is 0. The number of carbonyl (C=O) groups is 1. The lowest BCUT2D eigenvalue weighted by molar-refractivity contribution is 0.0534. The van der Waals surface area contributed by atoms with Crippen LogP contribution in [0.25, 0.3) is 6.08 Å². The molecule has 0 spiro atoms. The molecule has 1 rings (SSSR count). The highest BCUT2D eigenvalue weighted by Gasteiger charge is 2.37. The topological polar surface area (TPSA) is 56.8 Å². The molecule has 0 saturated carbocycles. The van der Waals surface area contributed by atoms with Crippen LogP contribution in [0.15, 0.2) is 30.3 Å². The van der Waals surface area contributed by atoms with Crippen LogP contribution in [0.2, 0.25) is 18.1 Å². The molecule has 1 atom stereocenters. The van der Waals surface area contributed by atoms with Gasteiger partial charge in [-0.3, -0.25) is 0 Å². The van der Waals surface area contributed by atoms with Gasteiger partial charge in [0.15, 0.2) is 8.32 Å². The molecule has 0 unspecified atom stereocenters. The van der Waals surface area contributed by atoms with Crippen LogP contribution in [-0.2, 0) is 9.16 Å². The van der Waals surface area contributed by atoms with Crippen molar-refractivity contribution in [2.24, 2.45) is 0 Å². The Bertz CT molecular complexity index is 687. The molecular formula is C23H39NO4Si. The molecular weight excluding hydrogens is 382 g/mol. The maximum Gasteiger partial charge on any atom is 0.407 e. The van der Waals surface area contributed by atoms with Crippen molar-refractivity contribution in [1.29, 1.82) is 0 Å². The molecule has 29 heavy (non-hydrogen) atoms. The van der Waals surface area contributed by atoms with Gasteiger partial charge in [0.1, 0.15) is 17.5 Å². The smallest absolute Gasteiger partial charge is 0.407 e. The summed E-state index contributed by atoms with van der Waals surface area (Å²) in [5.74, 6) is 0.798. The van der Waals surface area contributed by atoms with E-state index in [4.69, 9.17) is 13.9 Å². The predicted octanol–water partition coefficient (Wildman–Crippen LogP) is 6.01. The molecule has 0 aromatic heterocycles. The summed E-state index contributed by atoms with van der Waals surface area (Å²) < 4.78 is 17.6. The van der Waals surface area contributed by atoms with Gasteiger partial charge in [-0.25, -0.2) is 4.79 Å². The minimum absolute atomic E-state index is 0.0569. The van der Waals surface area contributed by atoms with E-state index in [1.165, 1.54) is 0 Å². The third-order valence-corrected chi connectivity index (χ3v) is 9.29. The van der Waals surface area contributed by atoms with Gasteiger partial charge in [-0.15, -0.1) is 0 Å². The summed E-state index contributed by atoms with van der Waals surface area (Å²) in [6.45, 7) is 19.7. The molecule has 0 radical (unpaired) electrons. The Morgan fingerprint density at radius 3 is 2.34 bits per heavy atom. The quantitative estimate of drug-likeness (QED) is 0.522. The normalized spacial score (nSPS) is 14.0. The molecule has 164 valence electrons. The lowest BCUT2D eigenvalue weighted by Gasteiger charge is -2.37. The molecule has 0 aliphatic rings. The number of hydrogen-bond acceptors (Lipinski definition) is 4. The number of benzene rings is 1. The van der Waals surface area contributed by atoms with Gasteiger partial charge in [-0.05, 0) is 51.9 Å². The lowest BCUT2D eigenvalue weighted by atomic mass is 10.2. The molecule has 1 aromatic rings. The Hall–Kier alpha value is -1.79. The molecule has 1 amide bonds. The molecule has 0 heterocycles. The largest absolute Gasteiger partial charge is 0.488 e. The molecule has 5 nitrogen and oxygen atoms in total. The predicted molar refractivity (Wildman–Crippen MR) is 123 cm³/mol. The van der Waals surface area contributed by atoms with Crippen LogP contribution in [0, 0.1) is 0 Å². The van der Waals surface area contributed by atoms with Crippen molar-refractivity contribution in [2.75, 3.05) is 13.2 Å². The third kappa shape index (κ3) is 9.50. The third-order valence-electron chi connectivity index (χ3n) is 4.79. The average molecular weight is 422 g/mol. The molecule has 0 saturated heterocycles. The van der Waals surface area contributed by atoms with E-state index in [1.54, 1.807) is 0 Å². The fraction of sp³-hybridized carbons (Fsp3) is 0.609. The van der Waals surface area contributed by atoms with Crippen LogP contribution >= 0.6 is 0 Å². The minimum atomic E-state index is -1.80. The van der Waals surface area contributed by atoms with Crippen molar-refractivity contribution >= 4 is 20.5 Å². The van der Waals surface area contributed by atoms with Crippen molar-refractivity contribution in [3.05, 3.63) is 35.9 Å². The van der Waals surface area contributed by atoms with E-state index in [-0.39, 0.29) is 11.1 Å². The highest BCUT2D eigenvalue weighted by atomic mass is 28.4. The summed E-state index contributed by atoms with van der Waals surface area (Å²) in [5.41, 5.74) is 0.453. The van der Waals surface area contributed by atoms with Gasteiger partial charge in [-0.1, -0.05) is 51.1 Å². The molecule has 0 aliphatic heterocycles. The van der Waals surface area contributed by atoms with Crippen LogP contribution in [-0.4, -0.2) is 39.3 Å². The van der Waals surface area contributed by atoms with E-state index in [0.717, 1.165) is 11.3 Å². The number of alkyl carbamates (subject to hydrolysis) is 1. The molecule has 0 bridgehead atoms. The van der Waals surface area contributed by atoms with Gasteiger partial charge in [0, 0.05) is 12.1 Å². The number of amides is 1. The van der Waals surface area contributed by atoms with Gasteiger partial charge in [-0.2, -0.15) is 0 Å². The summed E-state index contributed by atoms with van der Waals surface area (Å²) in [5, 5.41) is 2.89. The van der Waals surface area contributed by atoms with Crippen LogP contribution in [0.1, 0.15) is 54.0 Å². The maximum absolute atomic E-state index is 11.7. The van der Waals surface area contributed by atoms with E-state index in [2.05, 4.69) is 39.2 Å². The Labute approximate surface area is 178 Å². The second kappa shape index (κ2) is 10.3. The first-order valence-corrected chi connectivity index (χ1v) is 13.2. The van der Waals surface area contributed by atoms with Crippen molar-refractivity contribution in [2.45, 2.75) is 78.3 Å². The lowest BCUT2D eigenvalue weighted by Crippen LogP contribution is -2.43. The molecule has 0 aliphatic carbocycles. The van der Waals surface area contributed by atoms with Gasteiger partial charge < -0.3 is 19.2 Å². The van der Waals surface area contributed by atoms with Gasteiger partial charge in [0.2, 0.25) is 0 Å². The minimum Gasteiger partial charge on any atom is -0.488 e. The Morgan fingerprint density at radius 2 is 1.76 bits per heavy atom. The second-order valence-electron chi connectivity index (χ2n) is 9.82. The van der Waals surface area contributed by atoms with Gasteiger partial charge in [0.25, 0.3) is 0 Å². The Morgan fingerprint density at radius 1 is 1.14 bits per heavy atom. The first kappa shape index (κ1) is 25.2. The average Bonchev–Trinajstić information content (AvgIpc) is 2.56. The highest BCUT2D eigenvalue weighted by Crippen LogP contribution is 2.36. The van der Waals surface area contributed by atoms with Crippen molar-refractivity contribution < 1.29 is 18.7 Å². The van der Waals surface area contributed by atoms with Crippen molar-refractivity contribution in [3.63, 3.8) is 0 Å². The number of ether oxygens (including phenoxy) is 2. The zero-order valence-electron chi connectivity index (χ0n) is 19.6. The van der Waals surface area contributed by atoms with E-state index in [9.17, 15) is 4.79 Å². The van der Waals surface area contributed by atoms with Crippen LogP contribution in [0.3, 0.4) is 0 Å². The monoisotopic (exact) mass is 421 g/mol. The Balaban J connectivity index is 2.62. The summed E-state index contributed by atoms with van der Waals surface area (Å²) in [7, 11) is -1.80. The zero-order valence-corrected chi connectivity index (χ0v) is 20.6.